The maximum atomic E-state index is 12.4. The number of ether oxygens (including phenoxy) is 1. The fraction of sp³-hybridized carbons (Fsp3) is 0.200. The Kier molecular flexibility index (Phi) is 5.77. The molecule has 132 valence electrons. The minimum Gasteiger partial charge on any atom is -0.494 e. The van der Waals surface area contributed by atoms with Crippen molar-refractivity contribution in [2.75, 3.05) is 6.61 Å². The third-order valence-corrected chi connectivity index (χ3v) is 4.98. The van der Waals surface area contributed by atoms with Crippen LogP contribution in [0.1, 0.15) is 12.5 Å². The van der Waals surface area contributed by atoms with Crippen LogP contribution in [0.25, 0.3) is 10.2 Å². The summed E-state index contributed by atoms with van der Waals surface area (Å²) in [5.74, 6) is 3.17. The first kappa shape index (κ1) is 18.2. The average Bonchev–Trinajstić information content (AvgIpc) is 2.93. The minimum absolute atomic E-state index is 0.220. The van der Waals surface area contributed by atoms with Crippen molar-refractivity contribution in [3.8, 4) is 18.1 Å². The van der Waals surface area contributed by atoms with Crippen molar-refractivity contribution in [3.63, 3.8) is 0 Å². The summed E-state index contributed by atoms with van der Waals surface area (Å²) in [4.78, 5) is 17.3. The highest BCUT2D eigenvalue weighted by molar-refractivity contribution is 7.16. The number of halogens is 1. The molecule has 6 heteroatoms. The first-order chi connectivity index (χ1) is 12.6. The van der Waals surface area contributed by atoms with Gasteiger partial charge in [0, 0.05) is 5.02 Å². The van der Waals surface area contributed by atoms with Crippen LogP contribution in [0.15, 0.2) is 47.5 Å². The Hall–Kier alpha value is -2.55. The Labute approximate surface area is 160 Å². The van der Waals surface area contributed by atoms with Crippen molar-refractivity contribution < 1.29 is 9.53 Å². The molecule has 1 heterocycles. The lowest BCUT2D eigenvalue weighted by Gasteiger charge is -2.03. The molecule has 3 rings (SSSR count). The highest BCUT2D eigenvalue weighted by Gasteiger charge is 2.08. The predicted molar refractivity (Wildman–Crippen MR) is 106 cm³/mol. The van der Waals surface area contributed by atoms with Crippen LogP contribution >= 0.6 is 22.9 Å². The number of terminal acetylenes is 1. The monoisotopic (exact) mass is 384 g/mol. The molecule has 2 aromatic carbocycles. The van der Waals surface area contributed by atoms with Gasteiger partial charge in [0.25, 0.3) is 5.91 Å². The molecule has 0 saturated heterocycles. The van der Waals surface area contributed by atoms with E-state index in [9.17, 15) is 4.79 Å². The van der Waals surface area contributed by atoms with Crippen LogP contribution in [0.3, 0.4) is 0 Å². The fourth-order valence-electron chi connectivity index (χ4n) is 2.57. The summed E-state index contributed by atoms with van der Waals surface area (Å²) in [5.41, 5.74) is 1.81. The molecule has 0 atom stereocenters. The molecule has 0 aliphatic rings. The topological polar surface area (TPSA) is 43.6 Å². The summed E-state index contributed by atoms with van der Waals surface area (Å²) in [6.07, 6.45) is 5.69. The van der Waals surface area contributed by atoms with Gasteiger partial charge in [-0.2, -0.15) is 4.99 Å². The molecule has 0 saturated carbocycles. The molecular formula is C20H17ClN2O2S. The predicted octanol–water partition coefficient (Wildman–Crippen LogP) is 4.06. The molecule has 0 fully saturated rings. The third-order valence-electron chi connectivity index (χ3n) is 3.70. The Morgan fingerprint density at radius 3 is 2.77 bits per heavy atom. The number of hydrogen-bond donors (Lipinski definition) is 0. The molecule has 26 heavy (non-hydrogen) atoms. The zero-order valence-electron chi connectivity index (χ0n) is 14.2. The molecule has 0 unspecified atom stereocenters. The fourth-order valence-corrected chi connectivity index (χ4v) is 3.89. The lowest BCUT2D eigenvalue weighted by Crippen LogP contribution is -2.17. The SMILES string of the molecule is C#CCn1c(=NC(=O)Cc2ccc(OCC)cc2)sc2cc(Cl)ccc21. The second-order valence-electron chi connectivity index (χ2n) is 5.55. The van der Waals surface area contributed by atoms with E-state index < -0.39 is 0 Å². The lowest BCUT2D eigenvalue weighted by molar-refractivity contribution is -0.117. The first-order valence-corrected chi connectivity index (χ1v) is 9.32. The van der Waals surface area contributed by atoms with Crippen LogP contribution in [-0.4, -0.2) is 17.1 Å². The Balaban J connectivity index is 1.89. The number of benzene rings is 2. The molecule has 0 spiro atoms. The number of carbonyl (C=O) groups excluding carboxylic acids is 1. The van der Waals surface area contributed by atoms with Gasteiger partial charge in [-0.05, 0) is 42.8 Å². The molecular weight excluding hydrogens is 368 g/mol. The molecule has 0 bridgehead atoms. The van der Waals surface area contributed by atoms with Crippen LogP contribution in [0, 0.1) is 12.3 Å². The summed E-state index contributed by atoms with van der Waals surface area (Å²) in [6, 6.07) is 13.0. The molecule has 0 N–H and O–H groups in total. The standard InChI is InChI=1S/C20H17ClN2O2S/c1-3-11-23-17-10-7-15(21)13-18(17)26-20(23)22-19(24)12-14-5-8-16(9-6-14)25-4-2/h1,5-10,13H,4,11-12H2,2H3. The van der Waals surface area contributed by atoms with E-state index >= 15 is 0 Å². The average molecular weight is 385 g/mol. The Morgan fingerprint density at radius 1 is 1.31 bits per heavy atom. The van der Waals surface area contributed by atoms with Crippen molar-refractivity contribution in [1.29, 1.82) is 0 Å². The number of amides is 1. The van der Waals surface area contributed by atoms with Crippen molar-refractivity contribution in [2.45, 2.75) is 19.9 Å². The van der Waals surface area contributed by atoms with Crippen molar-refractivity contribution in [2.24, 2.45) is 4.99 Å². The normalized spacial score (nSPS) is 11.5. The summed E-state index contributed by atoms with van der Waals surface area (Å²) >= 11 is 7.46. The summed E-state index contributed by atoms with van der Waals surface area (Å²) in [7, 11) is 0. The van der Waals surface area contributed by atoms with Gasteiger partial charge in [-0.15, -0.1) is 6.42 Å². The van der Waals surface area contributed by atoms with Crippen LogP contribution in [0.5, 0.6) is 5.75 Å². The molecule has 4 nitrogen and oxygen atoms in total. The molecule has 3 aromatic rings. The van der Waals surface area contributed by atoms with Gasteiger partial charge in [0.2, 0.25) is 0 Å². The third kappa shape index (κ3) is 4.16. The second-order valence-corrected chi connectivity index (χ2v) is 6.99. The van der Waals surface area contributed by atoms with Gasteiger partial charge in [0.1, 0.15) is 5.75 Å². The van der Waals surface area contributed by atoms with Crippen molar-refractivity contribution in [1.82, 2.24) is 4.57 Å². The number of carbonyl (C=O) groups is 1. The summed E-state index contributed by atoms with van der Waals surface area (Å²) < 4.78 is 8.21. The summed E-state index contributed by atoms with van der Waals surface area (Å²) in [5, 5.41) is 0.638. The van der Waals surface area contributed by atoms with Gasteiger partial charge in [-0.1, -0.05) is 41.0 Å². The van der Waals surface area contributed by atoms with Crippen molar-refractivity contribution >= 4 is 39.1 Å². The summed E-state index contributed by atoms with van der Waals surface area (Å²) in [6.45, 7) is 2.88. The maximum Gasteiger partial charge on any atom is 0.252 e. The molecule has 0 aliphatic heterocycles. The number of rotatable bonds is 5. The van der Waals surface area contributed by atoms with Crippen LogP contribution in [-0.2, 0) is 17.8 Å². The highest BCUT2D eigenvalue weighted by atomic mass is 35.5. The zero-order valence-corrected chi connectivity index (χ0v) is 15.8. The number of nitrogens with zero attached hydrogens (tertiary/aromatic N) is 2. The quantitative estimate of drug-likeness (QED) is 0.622. The van der Waals surface area contributed by atoms with Crippen LogP contribution in [0.4, 0.5) is 0 Å². The van der Waals surface area contributed by atoms with Crippen molar-refractivity contribution in [3.05, 3.63) is 57.9 Å². The first-order valence-electron chi connectivity index (χ1n) is 8.12. The molecule has 0 aliphatic carbocycles. The number of thiazole rings is 1. The van der Waals surface area contributed by atoms with E-state index in [0.29, 0.717) is 23.0 Å². The van der Waals surface area contributed by atoms with E-state index in [-0.39, 0.29) is 12.3 Å². The van der Waals surface area contributed by atoms with Crippen LogP contribution in [0.2, 0.25) is 5.02 Å². The van der Waals surface area contributed by atoms with Gasteiger partial charge in [0.05, 0.1) is 29.8 Å². The number of hydrogen-bond acceptors (Lipinski definition) is 3. The lowest BCUT2D eigenvalue weighted by atomic mass is 10.1. The minimum atomic E-state index is -0.224. The van der Waals surface area contributed by atoms with E-state index in [0.717, 1.165) is 21.5 Å². The van der Waals surface area contributed by atoms with Gasteiger partial charge in [0.15, 0.2) is 4.80 Å². The zero-order chi connectivity index (χ0) is 18.5. The van der Waals surface area contributed by atoms with E-state index in [1.807, 2.05) is 47.9 Å². The number of fused-ring (bicyclic) bond motifs is 1. The van der Waals surface area contributed by atoms with Gasteiger partial charge in [-0.3, -0.25) is 4.79 Å². The van der Waals surface area contributed by atoms with E-state index in [2.05, 4.69) is 10.9 Å². The molecule has 1 aromatic heterocycles. The van der Waals surface area contributed by atoms with Gasteiger partial charge < -0.3 is 9.30 Å². The smallest absolute Gasteiger partial charge is 0.252 e. The van der Waals surface area contributed by atoms with E-state index in [1.165, 1.54) is 11.3 Å². The van der Waals surface area contributed by atoms with E-state index in [1.54, 1.807) is 6.07 Å². The van der Waals surface area contributed by atoms with E-state index in [4.69, 9.17) is 22.8 Å². The largest absolute Gasteiger partial charge is 0.494 e. The van der Waals surface area contributed by atoms with Gasteiger partial charge >= 0.3 is 0 Å². The highest BCUT2D eigenvalue weighted by Crippen LogP contribution is 2.22. The maximum absolute atomic E-state index is 12.4. The molecule has 1 amide bonds. The van der Waals surface area contributed by atoms with Crippen LogP contribution < -0.4 is 9.54 Å². The van der Waals surface area contributed by atoms with Gasteiger partial charge in [-0.25, -0.2) is 0 Å². The second kappa shape index (κ2) is 8.22. The Bertz CT molecular complexity index is 1040. The molecule has 0 radical (unpaired) electrons. The number of aromatic nitrogens is 1. The Morgan fingerprint density at radius 2 is 2.08 bits per heavy atom.